The van der Waals surface area contributed by atoms with Crippen LogP contribution in [0.1, 0.15) is 18.1 Å². The number of non-ortho nitro benzene ring substituents is 1. The maximum atomic E-state index is 10.5. The fourth-order valence-corrected chi connectivity index (χ4v) is 1.49. The van der Waals surface area contributed by atoms with Gasteiger partial charge in [-0.2, -0.15) is 0 Å². The monoisotopic (exact) mass is 213 g/mol. The van der Waals surface area contributed by atoms with E-state index in [9.17, 15) is 10.1 Å². The Hall–Kier alpha value is -1.09. The molecule has 0 heterocycles. The molecule has 0 N–H and O–H groups in total. The number of benzene rings is 1. The molecule has 0 bridgehead atoms. The van der Waals surface area contributed by atoms with Crippen LogP contribution in [0.15, 0.2) is 18.2 Å². The molecule has 76 valence electrons. The molecule has 0 radical (unpaired) electrons. The van der Waals surface area contributed by atoms with Crippen molar-refractivity contribution < 1.29 is 4.92 Å². The van der Waals surface area contributed by atoms with Gasteiger partial charge < -0.3 is 0 Å². The second kappa shape index (κ2) is 4.42. The van der Waals surface area contributed by atoms with Crippen molar-refractivity contribution >= 4 is 17.3 Å². The van der Waals surface area contributed by atoms with E-state index in [-0.39, 0.29) is 16.0 Å². The van der Waals surface area contributed by atoms with Gasteiger partial charge >= 0.3 is 0 Å². The Kier molecular flexibility index (Phi) is 3.47. The molecule has 0 saturated heterocycles. The maximum absolute atomic E-state index is 10.5. The fourth-order valence-electron chi connectivity index (χ4n) is 1.33. The first-order valence-corrected chi connectivity index (χ1v) is 4.82. The molecule has 0 saturated carbocycles. The van der Waals surface area contributed by atoms with Crippen molar-refractivity contribution in [3.8, 4) is 0 Å². The van der Waals surface area contributed by atoms with Crippen LogP contribution in [-0.2, 0) is 6.42 Å². The number of alkyl halides is 1. The van der Waals surface area contributed by atoms with Crippen LogP contribution >= 0.6 is 11.6 Å². The van der Waals surface area contributed by atoms with Gasteiger partial charge in [-0.05, 0) is 31.4 Å². The summed E-state index contributed by atoms with van der Waals surface area (Å²) in [5, 5.41) is 10.5. The quantitative estimate of drug-likeness (QED) is 0.440. The number of hydrogen-bond donors (Lipinski definition) is 0. The molecule has 0 aliphatic heterocycles. The van der Waals surface area contributed by atoms with Crippen molar-refractivity contribution in [1.29, 1.82) is 0 Å². The first-order valence-electron chi connectivity index (χ1n) is 4.38. The topological polar surface area (TPSA) is 43.1 Å². The summed E-state index contributed by atoms with van der Waals surface area (Å²) in [4.78, 5) is 10.1. The van der Waals surface area contributed by atoms with Crippen LogP contribution < -0.4 is 0 Å². The lowest BCUT2D eigenvalue weighted by Crippen LogP contribution is -2.00. The van der Waals surface area contributed by atoms with Crippen molar-refractivity contribution in [2.45, 2.75) is 25.6 Å². The zero-order valence-electron chi connectivity index (χ0n) is 8.16. The molecule has 3 nitrogen and oxygen atoms in total. The fraction of sp³-hybridized carbons (Fsp3) is 0.400. The number of aryl methyl sites for hydroxylation is 1. The van der Waals surface area contributed by atoms with E-state index in [1.54, 1.807) is 12.1 Å². The summed E-state index contributed by atoms with van der Waals surface area (Å²) in [5.74, 6) is 0. The van der Waals surface area contributed by atoms with E-state index in [1.807, 2.05) is 13.8 Å². The summed E-state index contributed by atoms with van der Waals surface area (Å²) < 4.78 is 0. The average Bonchev–Trinajstić information content (AvgIpc) is 2.07. The predicted octanol–water partition coefficient (Wildman–Crippen LogP) is 3.07. The summed E-state index contributed by atoms with van der Waals surface area (Å²) in [6.45, 7) is 3.77. The molecule has 0 fully saturated rings. The molecule has 1 atom stereocenters. The van der Waals surface area contributed by atoms with Gasteiger partial charge in [0.25, 0.3) is 5.69 Å². The van der Waals surface area contributed by atoms with Gasteiger partial charge in [0, 0.05) is 17.5 Å². The van der Waals surface area contributed by atoms with Gasteiger partial charge in [0.05, 0.1) is 4.92 Å². The lowest BCUT2D eigenvalue weighted by atomic mass is 10.0. The lowest BCUT2D eigenvalue weighted by Gasteiger charge is -2.06. The Balaban J connectivity index is 2.95. The Bertz CT molecular complexity index is 350. The van der Waals surface area contributed by atoms with Crippen molar-refractivity contribution in [3.63, 3.8) is 0 Å². The average molecular weight is 214 g/mol. The zero-order valence-corrected chi connectivity index (χ0v) is 8.91. The Morgan fingerprint density at radius 2 is 2.21 bits per heavy atom. The third-order valence-corrected chi connectivity index (χ3v) is 2.19. The highest BCUT2D eigenvalue weighted by Crippen LogP contribution is 2.19. The van der Waals surface area contributed by atoms with Gasteiger partial charge in [-0.15, -0.1) is 11.6 Å². The molecule has 0 amide bonds. The smallest absolute Gasteiger partial charge is 0.258 e. The van der Waals surface area contributed by atoms with E-state index in [2.05, 4.69) is 0 Å². The Morgan fingerprint density at radius 3 is 2.64 bits per heavy atom. The van der Waals surface area contributed by atoms with Crippen molar-refractivity contribution in [2.75, 3.05) is 0 Å². The minimum atomic E-state index is -0.388. The van der Waals surface area contributed by atoms with Gasteiger partial charge in [-0.25, -0.2) is 0 Å². The summed E-state index contributed by atoms with van der Waals surface area (Å²) in [6.07, 6.45) is 0.741. The molecule has 1 unspecified atom stereocenters. The minimum Gasteiger partial charge on any atom is -0.258 e. The third-order valence-electron chi connectivity index (χ3n) is 2.04. The van der Waals surface area contributed by atoms with Crippen molar-refractivity contribution in [1.82, 2.24) is 0 Å². The standard InChI is InChI=1S/C10H12ClNO2/c1-7-5-10(12(13)14)4-3-9(7)6-8(2)11/h3-5,8H,6H2,1-2H3. The third kappa shape index (κ3) is 2.70. The molecule has 1 aromatic rings. The highest BCUT2D eigenvalue weighted by atomic mass is 35.5. The van der Waals surface area contributed by atoms with Crippen LogP contribution in [0.2, 0.25) is 0 Å². The molecule has 14 heavy (non-hydrogen) atoms. The molecule has 0 aliphatic carbocycles. The van der Waals surface area contributed by atoms with Crippen molar-refractivity contribution in [3.05, 3.63) is 39.4 Å². The van der Waals surface area contributed by atoms with Crippen LogP contribution in [0.3, 0.4) is 0 Å². The van der Waals surface area contributed by atoms with E-state index >= 15 is 0 Å². The van der Waals surface area contributed by atoms with E-state index in [0.29, 0.717) is 0 Å². The second-order valence-electron chi connectivity index (χ2n) is 3.35. The van der Waals surface area contributed by atoms with Gasteiger partial charge in [0.15, 0.2) is 0 Å². The normalized spacial score (nSPS) is 12.5. The van der Waals surface area contributed by atoms with Crippen LogP contribution in [0.5, 0.6) is 0 Å². The van der Waals surface area contributed by atoms with Gasteiger partial charge in [-0.3, -0.25) is 10.1 Å². The van der Waals surface area contributed by atoms with E-state index < -0.39 is 0 Å². The number of rotatable bonds is 3. The van der Waals surface area contributed by atoms with Crippen LogP contribution in [0.4, 0.5) is 5.69 Å². The van der Waals surface area contributed by atoms with Gasteiger partial charge in [-0.1, -0.05) is 6.07 Å². The molecular formula is C10H12ClNO2. The predicted molar refractivity (Wildman–Crippen MR) is 56.9 cm³/mol. The SMILES string of the molecule is Cc1cc([N+](=O)[O-])ccc1CC(C)Cl. The summed E-state index contributed by atoms with van der Waals surface area (Å²) in [5.41, 5.74) is 2.12. The lowest BCUT2D eigenvalue weighted by molar-refractivity contribution is -0.384. The molecule has 4 heteroatoms. The summed E-state index contributed by atoms with van der Waals surface area (Å²) in [7, 11) is 0. The summed E-state index contributed by atoms with van der Waals surface area (Å²) in [6, 6.07) is 4.86. The van der Waals surface area contributed by atoms with Gasteiger partial charge in [0.2, 0.25) is 0 Å². The molecule has 0 aliphatic rings. The van der Waals surface area contributed by atoms with E-state index in [4.69, 9.17) is 11.6 Å². The molecule has 0 spiro atoms. The molecule has 1 aromatic carbocycles. The van der Waals surface area contributed by atoms with E-state index in [0.717, 1.165) is 17.5 Å². The first-order chi connectivity index (χ1) is 6.50. The first kappa shape index (κ1) is 11.0. The van der Waals surface area contributed by atoms with Crippen LogP contribution in [-0.4, -0.2) is 10.3 Å². The van der Waals surface area contributed by atoms with Crippen molar-refractivity contribution in [2.24, 2.45) is 0 Å². The molecular weight excluding hydrogens is 202 g/mol. The minimum absolute atomic E-state index is 0.0511. The number of hydrogen-bond acceptors (Lipinski definition) is 2. The van der Waals surface area contributed by atoms with E-state index in [1.165, 1.54) is 6.07 Å². The van der Waals surface area contributed by atoms with Crippen LogP contribution in [0, 0.1) is 17.0 Å². The number of nitro benzene ring substituents is 1. The highest BCUT2D eigenvalue weighted by molar-refractivity contribution is 6.20. The van der Waals surface area contributed by atoms with Gasteiger partial charge in [0.1, 0.15) is 0 Å². The molecule has 1 rings (SSSR count). The molecule has 0 aromatic heterocycles. The highest BCUT2D eigenvalue weighted by Gasteiger charge is 2.09. The number of nitro groups is 1. The maximum Gasteiger partial charge on any atom is 0.269 e. The number of halogens is 1. The summed E-state index contributed by atoms with van der Waals surface area (Å²) >= 11 is 5.85. The number of nitrogens with zero attached hydrogens (tertiary/aromatic N) is 1. The largest absolute Gasteiger partial charge is 0.269 e. The second-order valence-corrected chi connectivity index (χ2v) is 4.10. The Labute approximate surface area is 87.8 Å². The Morgan fingerprint density at radius 1 is 1.57 bits per heavy atom. The zero-order chi connectivity index (χ0) is 10.7. The van der Waals surface area contributed by atoms with Crippen LogP contribution in [0.25, 0.3) is 0 Å².